The van der Waals surface area contributed by atoms with Crippen molar-refractivity contribution < 1.29 is 9.47 Å². The van der Waals surface area contributed by atoms with Crippen LogP contribution in [-0.2, 0) is 4.74 Å². The minimum absolute atomic E-state index is 0. The zero-order valence-electron chi connectivity index (χ0n) is 15.9. The Morgan fingerprint density at radius 2 is 1.96 bits per heavy atom. The molecule has 1 aromatic rings. The van der Waals surface area contributed by atoms with Gasteiger partial charge >= 0.3 is 0 Å². The van der Waals surface area contributed by atoms with E-state index in [1.807, 2.05) is 12.1 Å². The first-order valence-electron chi connectivity index (χ1n) is 9.22. The van der Waals surface area contributed by atoms with Gasteiger partial charge in [-0.3, -0.25) is 9.89 Å². The lowest BCUT2D eigenvalue weighted by atomic mass is 10.0. The lowest BCUT2D eigenvalue weighted by molar-refractivity contribution is 0.0377. The molecule has 0 unspecified atom stereocenters. The lowest BCUT2D eigenvalue weighted by Gasteiger charge is -2.26. The number of aliphatic imine (C=N–C) groups is 1. The van der Waals surface area contributed by atoms with Gasteiger partial charge in [-0.1, -0.05) is 26.0 Å². The quantitative estimate of drug-likeness (QED) is 0.248. The molecule has 1 fully saturated rings. The second-order valence-electron chi connectivity index (χ2n) is 6.57. The Bertz CT molecular complexity index is 517. The third-order valence-electron chi connectivity index (χ3n) is 4.24. The standard InChI is InChI=1S/C19H32N4O2.HI/c1-16(2)17-4-6-18(7-5-17)25-13-9-22-19(20)21-8-3-10-23-11-14-24-15-12-23;/h4-7,16H,3,8-15H2,1-2H3,(H3,20,21,22);1H. The van der Waals surface area contributed by atoms with Crippen LogP contribution in [0.2, 0.25) is 0 Å². The predicted octanol–water partition coefficient (Wildman–Crippen LogP) is 2.43. The van der Waals surface area contributed by atoms with Crippen LogP contribution in [0.15, 0.2) is 29.3 Å². The summed E-state index contributed by atoms with van der Waals surface area (Å²) in [5.74, 6) is 1.91. The molecule has 7 heteroatoms. The normalized spacial score (nSPS) is 15.6. The number of guanidine groups is 1. The summed E-state index contributed by atoms with van der Waals surface area (Å²) in [5.41, 5.74) is 7.19. The number of rotatable bonds is 9. The molecule has 26 heavy (non-hydrogen) atoms. The highest BCUT2D eigenvalue weighted by Crippen LogP contribution is 2.18. The first-order chi connectivity index (χ1) is 12.1. The maximum Gasteiger partial charge on any atom is 0.188 e. The minimum atomic E-state index is 0. The van der Waals surface area contributed by atoms with Crippen molar-refractivity contribution in [1.29, 1.82) is 0 Å². The maximum atomic E-state index is 5.88. The first-order valence-corrected chi connectivity index (χ1v) is 9.22. The summed E-state index contributed by atoms with van der Waals surface area (Å²) in [6.07, 6.45) is 1.01. The van der Waals surface area contributed by atoms with Crippen molar-refractivity contribution in [2.45, 2.75) is 26.2 Å². The van der Waals surface area contributed by atoms with Gasteiger partial charge in [-0.25, -0.2) is 0 Å². The van der Waals surface area contributed by atoms with Crippen molar-refractivity contribution in [3.05, 3.63) is 29.8 Å². The van der Waals surface area contributed by atoms with Gasteiger partial charge in [0.05, 0.1) is 19.8 Å². The van der Waals surface area contributed by atoms with E-state index < -0.39 is 0 Å². The van der Waals surface area contributed by atoms with E-state index in [1.165, 1.54) is 5.56 Å². The van der Waals surface area contributed by atoms with Crippen LogP contribution in [0.5, 0.6) is 5.75 Å². The molecule has 3 N–H and O–H groups in total. The Balaban J connectivity index is 0.00000338. The van der Waals surface area contributed by atoms with Crippen LogP contribution in [0.1, 0.15) is 31.7 Å². The fourth-order valence-corrected chi connectivity index (χ4v) is 2.67. The summed E-state index contributed by atoms with van der Waals surface area (Å²) in [6, 6.07) is 8.24. The number of nitrogens with zero attached hydrogens (tertiary/aromatic N) is 2. The molecule has 1 saturated heterocycles. The molecule has 0 amide bonds. The Hall–Kier alpha value is -1.06. The summed E-state index contributed by atoms with van der Waals surface area (Å²) in [7, 11) is 0. The van der Waals surface area contributed by atoms with Gasteiger partial charge in [-0.15, -0.1) is 24.0 Å². The SMILES string of the molecule is CC(C)c1ccc(OCCNC(N)=NCCCN2CCOCC2)cc1.I. The number of hydrogen-bond acceptors (Lipinski definition) is 4. The van der Waals surface area contributed by atoms with Crippen molar-refractivity contribution in [3.8, 4) is 5.75 Å². The van der Waals surface area contributed by atoms with E-state index in [1.54, 1.807) is 0 Å². The molecular weight excluding hydrogens is 443 g/mol. The molecule has 0 saturated carbocycles. The number of hydrogen-bond donors (Lipinski definition) is 2. The zero-order chi connectivity index (χ0) is 17.9. The van der Waals surface area contributed by atoms with Gasteiger partial charge in [0.2, 0.25) is 0 Å². The van der Waals surface area contributed by atoms with E-state index in [0.29, 0.717) is 25.0 Å². The van der Waals surface area contributed by atoms with Crippen LogP contribution in [0, 0.1) is 0 Å². The monoisotopic (exact) mass is 476 g/mol. The van der Waals surface area contributed by atoms with Gasteiger partial charge in [-0.05, 0) is 30.0 Å². The van der Waals surface area contributed by atoms with E-state index in [2.05, 4.69) is 41.2 Å². The van der Waals surface area contributed by atoms with Gasteiger partial charge in [-0.2, -0.15) is 0 Å². The molecule has 148 valence electrons. The van der Waals surface area contributed by atoms with Gasteiger partial charge in [0, 0.05) is 26.2 Å². The molecule has 0 bridgehead atoms. The molecule has 0 spiro atoms. The molecule has 1 heterocycles. The number of nitrogens with two attached hydrogens (primary N) is 1. The molecule has 1 aliphatic heterocycles. The third-order valence-corrected chi connectivity index (χ3v) is 4.24. The fraction of sp³-hybridized carbons (Fsp3) is 0.632. The van der Waals surface area contributed by atoms with Crippen LogP contribution < -0.4 is 15.8 Å². The van der Waals surface area contributed by atoms with Gasteiger partial charge < -0.3 is 20.5 Å². The van der Waals surface area contributed by atoms with Crippen molar-refractivity contribution >= 4 is 29.9 Å². The Morgan fingerprint density at radius 1 is 1.27 bits per heavy atom. The van der Waals surface area contributed by atoms with E-state index in [0.717, 1.165) is 51.6 Å². The van der Waals surface area contributed by atoms with Crippen molar-refractivity contribution in [2.75, 3.05) is 52.5 Å². The van der Waals surface area contributed by atoms with Crippen molar-refractivity contribution in [1.82, 2.24) is 10.2 Å². The van der Waals surface area contributed by atoms with Crippen LogP contribution in [0.3, 0.4) is 0 Å². The number of nitrogens with one attached hydrogen (secondary N) is 1. The van der Waals surface area contributed by atoms with E-state index >= 15 is 0 Å². The first kappa shape index (κ1) is 23.0. The number of ether oxygens (including phenoxy) is 2. The van der Waals surface area contributed by atoms with E-state index in [9.17, 15) is 0 Å². The highest BCUT2D eigenvalue weighted by molar-refractivity contribution is 14.0. The molecular formula is C19H33IN4O2. The topological polar surface area (TPSA) is 72.1 Å². The van der Waals surface area contributed by atoms with Crippen molar-refractivity contribution in [2.24, 2.45) is 10.7 Å². The third kappa shape index (κ3) is 9.05. The number of halogens is 1. The molecule has 6 nitrogen and oxygen atoms in total. The molecule has 1 aromatic carbocycles. The van der Waals surface area contributed by atoms with Crippen LogP contribution in [-0.4, -0.2) is 63.4 Å². The molecule has 0 aromatic heterocycles. The predicted molar refractivity (Wildman–Crippen MR) is 118 cm³/mol. The van der Waals surface area contributed by atoms with Gasteiger partial charge in [0.15, 0.2) is 5.96 Å². The lowest BCUT2D eigenvalue weighted by Crippen LogP contribution is -2.37. The number of morpholine rings is 1. The average Bonchev–Trinajstić information content (AvgIpc) is 2.63. The molecule has 0 aliphatic carbocycles. The molecule has 1 aliphatic rings. The zero-order valence-corrected chi connectivity index (χ0v) is 18.3. The molecule has 0 radical (unpaired) electrons. The van der Waals surface area contributed by atoms with E-state index in [-0.39, 0.29) is 24.0 Å². The summed E-state index contributed by atoms with van der Waals surface area (Å²) in [4.78, 5) is 6.76. The average molecular weight is 476 g/mol. The van der Waals surface area contributed by atoms with Gasteiger partial charge in [0.25, 0.3) is 0 Å². The smallest absolute Gasteiger partial charge is 0.188 e. The van der Waals surface area contributed by atoms with Crippen molar-refractivity contribution in [3.63, 3.8) is 0 Å². The van der Waals surface area contributed by atoms with Crippen LogP contribution in [0.25, 0.3) is 0 Å². The largest absolute Gasteiger partial charge is 0.492 e. The second kappa shape index (κ2) is 13.2. The Morgan fingerprint density at radius 3 is 2.62 bits per heavy atom. The fourth-order valence-electron chi connectivity index (χ4n) is 2.67. The summed E-state index contributed by atoms with van der Waals surface area (Å²) in [5, 5.41) is 3.09. The maximum absolute atomic E-state index is 5.88. The summed E-state index contributed by atoms with van der Waals surface area (Å²) >= 11 is 0. The highest BCUT2D eigenvalue weighted by Gasteiger charge is 2.08. The van der Waals surface area contributed by atoms with Gasteiger partial charge in [0.1, 0.15) is 12.4 Å². The summed E-state index contributed by atoms with van der Waals surface area (Å²) in [6.45, 7) is 11.1. The van der Waals surface area contributed by atoms with Crippen LogP contribution >= 0.6 is 24.0 Å². The summed E-state index contributed by atoms with van der Waals surface area (Å²) < 4.78 is 11.0. The second-order valence-corrected chi connectivity index (χ2v) is 6.57. The van der Waals surface area contributed by atoms with Crippen LogP contribution in [0.4, 0.5) is 0 Å². The minimum Gasteiger partial charge on any atom is -0.492 e. The Kier molecular flexibility index (Phi) is 11.6. The molecule has 0 atom stereocenters. The number of benzene rings is 1. The Labute approximate surface area is 174 Å². The highest BCUT2D eigenvalue weighted by atomic mass is 127. The van der Waals surface area contributed by atoms with E-state index in [4.69, 9.17) is 15.2 Å². The molecule has 2 rings (SSSR count).